The molecule has 0 spiro atoms. The zero-order valence-electron chi connectivity index (χ0n) is 11.9. The van der Waals surface area contributed by atoms with Gasteiger partial charge in [0.15, 0.2) is 4.96 Å². The Morgan fingerprint density at radius 3 is 2.82 bits per heavy atom. The highest BCUT2D eigenvalue weighted by Gasteiger charge is 2.13. The van der Waals surface area contributed by atoms with E-state index in [1.807, 2.05) is 17.5 Å². The molecule has 3 aromatic rings. The minimum Gasteiger partial charge on any atom is -0.349 e. The molecule has 3 N–H and O–H groups in total. The Labute approximate surface area is 130 Å². The predicted octanol–water partition coefficient (Wildman–Crippen LogP) is 2.27. The second kappa shape index (κ2) is 5.86. The fourth-order valence-corrected chi connectivity index (χ4v) is 3.06. The van der Waals surface area contributed by atoms with Gasteiger partial charge in [0.1, 0.15) is 10.7 Å². The SMILES string of the molecule is Cc1cn2cc(C(=O)NCC(N)c3ccc(F)cc3)sc2n1. The number of carbonyl (C=O) groups excluding carboxylic acids is 1. The number of benzene rings is 1. The van der Waals surface area contributed by atoms with Gasteiger partial charge in [-0.05, 0) is 24.6 Å². The molecule has 0 aliphatic rings. The van der Waals surface area contributed by atoms with Crippen molar-refractivity contribution in [1.82, 2.24) is 14.7 Å². The summed E-state index contributed by atoms with van der Waals surface area (Å²) in [5.74, 6) is -0.497. The first-order valence-corrected chi connectivity index (χ1v) is 7.59. The number of thiazole rings is 1. The third kappa shape index (κ3) is 3.00. The third-order valence-corrected chi connectivity index (χ3v) is 4.28. The molecule has 0 saturated heterocycles. The van der Waals surface area contributed by atoms with Gasteiger partial charge in [-0.15, -0.1) is 0 Å². The van der Waals surface area contributed by atoms with E-state index in [4.69, 9.17) is 5.73 Å². The highest BCUT2D eigenvalue weighted by molar-refractivity contribution is 7.18. The number of carbonyl (C=O) groups is 1. The van der Waals surface area contributed by atoms with Crippen molar-refractivity contribution in [2.45, 2.75) is 13.0 Å². The van der Waals surface area contributed by atoms with Crippen molar-refractivity contribution in [1.29, 1.82) is 0 Å². The number of imidazole rings is 1. The van der Waals surface area contributed by atoms with E-state index in [-0.39, 0.29) is 24.3 Å². The molecule has 22 heavy (non-hydrogen) atoms. The molecule has 2 heterocycles. The van der Waals surface area contributed by atoms with Crippen molar-refractivity contribution in [2.75, 3.05) is 6.54 Å². The second-order valence-electron chi connectivity index (χ2n) is 5.04. The quantitative estimate of drug-likeness (QED) is 0.775. The van der Waals surface area contributed by atoms with Gasteiger partial charge in [-0.1, -0.05) is 23.5 Å². The molecule has 1 atom stereocenters. The first-order chi connectivity index (χ1) is 10.5. The highest BCUT2D eigenvalue weighted by atomic mass is 32.1. The fourth-order valence-electron chi connectivity index (χ4n) is 2.14. The van der Waals surface area contributed by atoms with Crippen LogP contribution in [0.3, 0.4) is 0 Å². The molecule has 114 valence electrons. The van der Waals surface area contributed by atoms with Crippen molar-refractivity contribution in [3.63, 3.8) is 0 Å². The molecule has 0 radical (unpaired) electrons. The molecule has 1 aromatic carbocycles. The first-order valence-electron chi connectivity index (χ1n) is 6.77. The van der Waals surface area contributed by atoms with Crippen LogP contribution >= 0.6 is 11.3 Å². The number of nitrogens with two attached hydrogens (primary N) is 1. The molecule has 0 fully saturated rings. The number of aromatic nitrogens is 2. The molecule has 0 aliphatic heterocycles. The highest BCUT2D eigenvalue weighted by Crippen LogP contribution is 2.18. The smallest absolute Gasteiger partial charge is 0.263 e. The van der Waals surface area contributed by atoms with Gasteiger partial charge in [0, 0.05) is 25.0 Å². The Hall–Kier alpha value is -2.25. The Morgan fingerprint density at radius 2 is 2.14 bits per heavy atom. The summed E-state index contributed by atoms with van der Waals surface area (Å²) in [6.45, 7) is 2.19. The van der Waals surface area contributed by atoms with Gasteiger partial charge in [-0.3, -0.25) is 9.20 Å². The van der Waals surface area contributed by atoms with Crippen LogP contribution in [0.1, 0.15) is 27.0 Å². The number of aryl methyl sites for hydroxylation is 1. The van der Waals surface area contributed by atoms with Crippen molar-refractivity contribution in [3.8, 4) is 0 Å². The molecule has 3 rings (SSSR count). The van der Waals surface area contributed by atoms with Crippen LogP contribution in [0, 0.1) is 12.7 Å². The Bertz CT molecular complexity index is 777. The van der Waals surface area contributed by atoms with Crippen LogP contribution in [0.15, 0.2) is 36.7 Å². The summed E-state index contributed by atoms with van der Waals surface area (Å²) < 4.78 is 14.7. The zero-order chi connectivity index (χ0) is 15.7. The van der Waals surface area contributed by atoms with Crippen molar-refractivity contribution >= 4 is 22.2 Å². The Morgan fingerprint density at radius 1 is 1.41 bits per heavy atom. The zero-order valence-corrected chi connectivity index (χ0v) is 12.7. The van der Waals surface area contributed by atoms with E-state index in [1.54, 1.807) is 18.3 Å². The van der Waals surface area contributed by atoms with Crippen LogP contribution in [-0.2, 0) is 0 Å². The molecule has 5 nitrogen and oxygen atoms in total. The molecule has 1 amide bonds. The summed E-state index contributed by atoms with van der Waals surface area (Å²) in [7, 11) is 0. The van der Waals surface area contributed by atoms with Crippen molar-refractivity contribution in [3.05, 3.63) is 58.6 Å². The van der Waals surface area contributed by atoms with Gasteiger partial charge in [0.25, 0.3) is 5.91 Å². The number of hydrogen-bond donors (Lipinski definition) is 2. The second-order valence-corrected chi connectivity index (χ2v) is 6.04. The van der Waals surface area contributed by atoms with Crippen LogP contribution < -0.4 is 11.1 Å². The molecule has 7 heteroatoms. The minimum atomic E-state index is -0.379. The molecular formula is C15H15FN4OS. The van der Waals surface area contributed by atoms with Crippen LogP contribution in [0.5, 0.6) is 0 Å². The van der Waals surface area contributed by atoms with Crippen LogP contribution in [0.4, 0.5) is 4.39 Å². The summed E-state index contributed by atoms with van der Waals surface area (Å²) in [5.41, 5.74) is 7.68. The summed E-state index contributed by atoms with van der Waals surface area (Å²) in [6, 6.07) is 5.57. The lowest BCUT2D eigenvalue weighted by Crippen LogP contribution is -2.31. The molecule has 0 aliphatic carbocycles. The van der Waals surface area contributed by atoms with Crippen LogP contribution in [0.2, 0.25) is 0 Å². The van der Waals surface area contributed by atoms with E-state index in [9.17, 15) is 9.18 Å². The summed E-state index contributed by atoms with van der Waals surface area (Å²) in [4.78, 5) is 17.8. The maximum atomic E-state index is 12.9. The first kappa shape index (κ1) is 14.7. The third-order valence-electron chi connectivity index (χ3n) is 3.28. The topological polar surface area (TPSA) is 72.4 Å². The van der Waals surface area contributed by atoms with Crippen molar-refractivity contribution < 1.29 is 9.18 Å². The number of amides is 1. The van der Waals surface area contributed by atoms with E-state index in [0.29, 0.717) is 4.88 Å². The normalized spacial score (nSPS) is 12.5. The number of nitrogens with one attached hydrogen (secondary N) is 1. The number of hydrogen-bond acceptors (Lipinski definition) is 4. The van der Waals surface area contributed by atoms with E-state index in [2.05, 4.69) is 10.3 Å². The van der Waals surface area contributed by atoms with E-state index in [0.717, 1.165) is 16.2 Å². The summed E-state index contributed by atoms with van der Waals surface area (Å²) in [5, 5.41) is 2.79. The lowest BCUT2D eigenvalue weighted by atomic mass is 10.1. The molecule has 2 aromatic heterocycles. The maximum absolute atomic E-state index is 12.9. The fraction of sp³-hybridized carbons (Fsp3) is 0.200. The Kier molecular flexibility index (Phi) is 3.91. The van der Waals surface area contributed by atoms with E-state index >= 15 is 0 Å². The number of halogens is 1. The van der Waals surface area contributed by atoms with E-state index in [1.165, 1.54) is 23.5 Å². The van der Waals surface area contributed by atoms with Gasteiger partial charge >= 0.3 is 0 Å². The lowest BCUT2D eigenvalue weighted by molar-refractivity contribution is 0.0955. The van der Waals surface area contributed by atoms with Gasteiger partial charge in [-0.2, -0.15) is 0 Å². The maximum Gasteiger partial charge on any atom is 0.263 e. The lowest BCUT2D eigenvalue weighted by Gasteiger charge is -2.12. The monoisotopic (exact) mass is 318 g/mol. The Balaban J connectivity index is 1.63. The van der Waals surface area contributed by atoms with Gasteiger partial charge in [0.2, 0.25) is 0 Å². The number of fused-ring (bicyclic) bond motifs is 1. The molecule has 0 saturated carbocycles. The van der Waals surface area contributed by atoms with Gasteiger partial charge in [0.05, 0.1) is 5.69 Å². The number of rotatable bonds is 4. The molecule has 0 bridgehead atoms. The van der Waals surface area contributed by atoms with Gasteiger partial charge < -0.3 is 11.1 Å². The average Bonchev–Trinajstić information content (AvgIpc) is 3.02. The summed E-state index contributed by atoms with van der Waals surface area (Å²) in [6.07, 6.45) is 3.62. The van der Waals surface area contributed by atoms with Crippen LogP contribution in [-0.4, -0.2) is 21.8 Å². The predicted molar refractivity (Wildman–Crippen MR) is 83.5 cm³/mol. The molecular weight excluding hydrogens is 303 g/mol. The van der Waals surface area contributed by atoms with Crippen molar-refractivity contribution in [2.24, 2.45) is 5.73 Å². The largest absolute Gasteiger partial charge is 0.349 e. The summed E-state index contributed by atoms with van der Waals surface area (Å²) >= 11 is 1.33. The van der Waals surface area contributed by atoms with E-state index < -0.39 is 0 Å². The minimum absolute atomic E-state index is 0.189. The molecule has 1 unspecified atom stereocenters. The van der Waals surface area contributed by atoms with Crippen LogP contribution in [0.25, 0.3) is 4.96 Å². The average molecular weight is 318 g/mol. The standard InChI is InChI=1S/C15H15FN4OS/c1-9-7-20-8-13(22-15(20)19-9)14(21)18-6-12(17)10-2-4-11(16)5-3-10/h2-5,7-8,12H,6,17H2,1H3,(H,18,21). The number of nitrogens with zero attached hydrogens (tertiary/aromatic N) is 2. The van der Waals surface area contributed by atoms with Gasteiger partial charge in [-0.25, -0.2) is 9.37 Å².